The van der Waals surface area contributed by atoms with Crippen LogP contribution in [0.1, 0.15) is 113 Å². The quantitative estimate of drug-likeness (QED) is 0.229. The van der Waals surface area contributed by atoms with Gasteiger partial charge in [0.25, 0.3) is 0 Å². The molecule has 0 bridgehead atoms. The Kier molecular flexibility index (Phi) is 8.34. The van der Waals surface area contributed by atoms with Gasteiger partial charge in [0.1, 0.15) is 11.5 Å². The Hall–Kier alpha value is -3.80. The molecule has 0 amide bonds. The second-order valence-electron chi connectivity index (χ2n) is 10.4. The number of phenolic OH excluding ortho intramolecular Hbond substituents is 2. The average molecular weight is 531 g/mol. The number of aryl methyl sites for hydroxylation is 4. The van der Waals surface area contributed by atoms with Crippen LogP contribution >= 0.6 is 0 Å². The summed E-state index contributed by atoms with van der Waals surface area (Å²) < 4.78 is 6.25. The molecule has 1 aliphatic heterocycles. The molecule has 0 aliphatic carbocycles. The number of carbonyl (C=O) groups excluding carboxylic acids is 1. The van der Waals surface area contributed by atoms with Gasteiger partial charge in [-0.3, -0.25) is 0 Å². The highest BCUT2D eigenvalue weighted by Gasteiger charge is 2.53. The third-order valence-electron chi connectivity index (χ3n) is 7.50. The predicted molar refractivity (Wildman–Crippen MR) is 151 cm³/mol. The van der Waals surface area contributed by atoms with E-state index in [4.69, 9.17) is 4.74 Å². The molecule has 1 aliphatic rings. The van der Waals surface area contributed by atoms with Crippen LogP contribution in [-0.4, -0.2) is 27.3 Å². The minimum absolute atomic E-state index is 0.00424. The summed E-state index contributed by atoms with van der Waals surface area (Å²) in [6.45, 7) is 8.21. The lowest BCUT2D eigenvalue weighted by atomic mass is 9.75. The largest absolute Gasteiger partial charge is 0.507 e. The van der Waals surface area contributed by atoms with Gasteiger partial charge in [0.2, 0.25) is 0 Å². The lowest BCUT2D eigenvalue weighted by Crippen LogP contribution is -2.31. The van der Waals surface area contributed by atoms with Gasteiger partial charge in [-0.2, -0.15) is 0 Å². The van der Waals surface area contributed by atoms with Crippen molar-refractivity contribution in [2.24, 2.45) is 0 Å². The zero-order valence-electron chi connectivity index (χ0n) is 23.3. The normalized spacial score (nSPS) is 13.8. The lowest BCUT2D eigenvalue weighted by Gasteiger charge is -2.33. The molecule has 0 fully saturated rings. The van der Waals surface area contributed by atoms with Gasteiger partial charge in [0.15, 0.2) is 5.60 Å². The number of carbonyl (C=O) groups is 2. The molecule has 6 nitrogen and oxygen atoms in total. The van der Waals surface area contributed by atoms with E-state index in [1.165, 1.54) is 6.07 Å². The molecule has 3 aromatic carbocycles. The molecule has 0 unspecified atom stereocenters. The number of aromatic carboxylic acids is 1. The molecule has 0 radical (unpaired) electrons. The molecule has 0 saturated heterocycles. The molecule has 0 aromatic heterocycles. The van der Waals surface area contributed by atoms with Crippen LogP contribution in [0.2, 0.25) is 0 Å². The predicted octanol–water partition coefficient (Wildman–Crippen LogP) is 7.07. The van der Waals surface area contributed by atoms with Crippen molar-refractivity contribution in [1.29, 1.82) is 0 Å². The number of ether oxygens (including phenoxy) is 1. The third kappa shape index (κ3) is 4.88. The van der Waals surface area contributed by atoms with E-state index < -0.39 is 17.5 Å². The number of rotatable bonds is 11. The van der Waals surface area contributed by atoms with Crippen molar-refractivity contribution in [3.05, 3.63) is 92.5 Å². The van der Waals surface area contributed by atoms with Gasteiger partial charge in [-0.1, -0.05) is 77.6 Å². The van der Waals surface area contributed by atoms with E-state index in [1.54, 1.807) is 12.1 Å². The second kappa shape index (κ2) is 11.5. The standard InChI is InChI=1S/C33H38O6/c1-5-10-20-16-22(12-7-3)29(34)26(18-20)33(25-15-9-14-24(31(36)37)28(25)32(38)39-33)27-19-21(11-6-2)17-23(13-8-4)30(27)35/h9,14-19,34-35H,5-8,10-13H2,1-4H3,(H,36,37). The number of hydrogen-bond donors (Lipinski definition) is 3. The van der Waals surface area contributed by atoms with Crippen LogP contribution in [0.25, 0.3) is 0 Å². The molecular weight excluding hydrogens is 492 g/mol. The van der Waals surface area contributed by atoms with Gasteiger partial charge in [-0.05, 0) is 66.1 Å². The number of benzene rings is 3. The second-order valence-corrected chi connectivity index (χ2v) is 10.4. The maximum Gasteiger partial charge on any atom is 0.341 e. The van der Waals surface area contributed by atoms with Gasteiger partial charge < -0.3 is 20.1 Å². The van der Waals surface area contributed by atoms with E-state index in [0.717, 1.165) is 60.8 Å². The number of carboxylic acids is 1. The third-order valence-corrected chi connectivity index (χ3v) is 7.50. The fraction of sp³-hybridized carbons (Fsp3) is 0.394. The fourth-order valence-corrected chi connectivity index (χ4v) is 5.88. The van der Waals surface area contributed by atoms with Crippen LogP contribution < -0.4 is 0 Å². The summed E-state index contributed by atoms with van der Waals surface area (Å²) in [5.74, 6) is -2.05. The molecule has 0 atom stereocenters. The summed E-state index contributed by atoms with van der Waals surface area (Å²) in [6, 6.07) is 12.3. The maximum atomic E-state index is 13.6. The smallest absolute Gasteiger partial charge is 0.341 e. The van der Waals surface area contributed by atoms with Crippen molar-refractivity contribution < 1.29 is 29.6 Å². The van der Waals surface area contributed by atoms with Crippen LogP contribution in [0.5, 0.6) is 11.5 Å². The number of carboxylic acid groups (broad SMARTS) is 1. The molecule has 6 heteroatoms. The van der Waals surface area contributed by atoms with Crippen LogP contribution in [-0.2, 0) is 36.0 Å². The summed E-state index contributed by atoms with van der Waals surface area (Å²) in [5, 5.41) is 33.4. The first-order valence-corrected chi connectivity index (χ1v) is 14.0. The Bertz CT molecular complexity index is 1340. The van der Waals surface area contributed by atoms with E-state index in [0.29, 0.717) is 29.5 Å². The lowest BCUT2D eigenvalue weighted by molar-refractivity contribution is 0.0236. The van der Waals surface area contributed by atoms with Crippen molar-refractivity contribution in [3.63, 3.8) is 0 Å². The molecule has 3 aromatic rings. The van der Waals surface area contributed by atoms with Crippen molar-refractivity contribution in [1.82, 2.24) is 0 Å². The summed E-state index contributed by atoms with van der Waals surface area (Å²) >= 11 is 0. The average Bonchev–Trinajstić information content (AvgIpc) is 3.21. The number of cyclic esters (lactones) is 1. The van der Waals surface area contributed by atoms with E-state index in [9.17, 15) is 24.9 Å². The van der Waals surface area contributed by atoms with Crippen LogP contribution in [0, 0.1) is 0 Å². The molecule has 0 spiro atoms. The highest BCUT2D eigenvalue weighted by molar-refractivity contribution is 6.06. The Morgan fingerprint density at radius 3 is 1.67 bits per heavy atom. The van der Waals surface area contributed by atoms with Crippen LogP contribution in [0.15, 0.2) is 42.5 Å². The zero-order chi connectivity index (χ0) is 28.3. The molecule has 206 valence electrons. The molecule has 1 heterocycles. The Morgan fingerprint density at radius 2 is 1.23 bits per heavy atom. The number of aromatic hydroxyl groups is 2. The maximum absolute atomic E-state index is 13.6. The number of phenols is 2. The Morgan fingerprint density at radius 1 is 0.744 bits per heavy atom. The molecule has 39 heavy (non-hydrogen) atoms. The summed E-state index contributed by atoms with van der Waals surface area (Å²) in [4.78, 5) is 25.7. The van der Waals surface area contributed by atoms with Gasteiger partial charge in [0.05, 0.1) is 11.1 Å². The van der Waals surface area contributed by atoms with E-state index in [-0.39, 0.29) is 22.6 Å². The highest BCUT2D eigenvalue weighted by atomic mass is 16.6. The SMILES string of the molecule is CCCc1cc(CCC)c(O)c(C2(c3cc(CCC)cc(CCC)c3O)OC(=O)c3c(C(=O)O)cccc32)c1. The monoisotopic (exact) mass is 530 g/mol. The van der Waals surface area contributed by atoms with Crippen molar-refractivity contribution in [3.8, 4) is 11.5 Å². The van der Waals surface area contributed by atoms with Gasteiger partial charge in [-0.25, -0.2) is 9.59 Å². The molecule has 3 N–H and O–H groups in total. The number of esters is 1. The summed E-state index contributed by atoms with van der Waals surface area (Å²) in [6.07, 6.45) is 6.08. The van der Waals surface area contributed by atoms with E-state index in [1.807, 2.05) is 38.1 Å². The highest BCUT2D eigenvalue weighted by Crippen LogP contribution is 2.54. The van der Waals surface area contributed by atoms with Gasteiger partial charge in [-0.15, -0.1) is 0 Å². The Labute approximate surface area is 230 Å². The van der Waals surface area contributed by atoms with Crippen molar-refractivity contribution in [2.75, 3.05) is 0 Å². The van der Waals surface area contributed by atoms with E-state index in [2.05, 4.69) is 13.8 Å². The van der Waals surface area contributed by atoms with Gasteiger partial charge in [0, 0.05) is 16.7 Å². The molecule has 0 saturated carbocycles. The number of fused-ring (bicyclic) bond motifs is 1. The number of hydrogen-bond acceptors (Lipinski definition) is 5. The summed E-state index contributed by atoms with van der Waals surface area (Å²) in [5.41, 5.74) is 2.47. The van der Waals surface area contributed by atoms with Crippen LogP contribution in [0.3, 0.4) is 0 Å². The first-order valence-electron chi connectivity index (χ1n) is 14.0. The van der Waals surface area contributed by atoms with Crippen LogP contribution in [0.4, 0.5) is 0 Å². The molecule has 4 rings (SSSR count). The minimum atomic E-state index is -1.72. The fourth-order valence-electron chi connectivity index (χ4n) is 5.88. The topological polar surface area (TPSA) is 104 Å². The van der Waals surface area contributed by atoms with Crippen molar-refractivity contribution >= 4 is 11.9 Å². The van der Waals surface area contributed by atoms with E-state index >= 15 is 0 Å². The summed E-state index contributed by atoms with van der Waals surface area (Å²) in [7, 11) is 0. The van der Waals surface area contributed by atoms with Gasteiger partial charge >= 0.3 is 11.9 Å². The zero-order valence-corrected chi connectivity index (χ0v) is 23.3. The minimum Gasteiger partial charge on any atom is -0.507 e. The Balaban J connectivity index is 2.20. The first kappa shape index (κ1) is 28.2. The van der Waals surface area contributed by atoms with Crippen molar-refractivity contribution in [2.45, 2.75) is 84.7 Å². The first-order chi connectivity index (χ1) is 18.7. The molecular formula is C33H38O6.